The van der Waals surface area contributed by atoms with Crippen LogP contribution >= 0.6 is 0 Å². The maximum absolute atomic E-state index is 11.1. The molecule has 0 aliphatic carbocycles. The van der Waals surface area contributed by atoms with Gasteiger partial charge in [0.15, 0.2) is 5.96 Å². The minimum atomic E-state index is -0.351. The Kier molecular flexibility index (Phi) is 6.99. The summed E-state index contributed by atoms with van der Waals surface area (Å²) in [6.45, 7) is 5.96. The molecular formula is C17H27N5O2. The van der Waals surface area contributed by atoms with Crippen molar-refractivity contribution >= 4 is 11.6 Å². The summed E-state index contributed by atoms with van der Waals surface area (Å²) in [4.78, 5) is 17.4. The number of nitrogens with zero attached hydrogens (tertiary/aromatic N) is 3. The maximum atomic E-state index is 11.1. The molecule has 1 fully saturated rings. The summed E-state index contributed by atoms with van der Waals surface area (Å²) in [6, 6.07) is 7.18. The molecule has 2 N–H and O–H groups in total. The van der Waals surface area contributed by atoms with Gasteiger partial charge >= 0.3 is 0 Å². The molecule has 0 unspecified atom stereocenters. The van der Waals surface area contributed by atoms with Crippen LogP contribution in [0.2, 0.25) is 0 Å². The quantitative estimate of drug-likeness (QED) is 0.361. The molecule has 0 spiro atoms. The number of benzene rings is 1. The number of hydrogen-bond donors (Lipinski definition) is 2. The van der Waals surface area contributed by atoms with Crippen molar-refractivity contribution in [3.05, 3.63) is 39.9 Å². The Hall–Kier alpha value is -2.15. The predicted molar refractivity (Wildman–Crippen MR) is 96.2 cm³/mol. The molecule has 1 aliphatic heterocycles. The number of nitro benzene ring substituents is 1. The van der Waals surface area contributed by atoms with Crippen molar-refractivity contribution in [1.82, 2.24) is 15.5 Å². The lowest BCUT2D eigenvalue weighted by Gasteiger charge is -2.32. The average molecular weight is 333 g/mol. The third-order valence-corrected chi connectivity index (χ3v) is 4.33. The zero-order valence-corrected chi connectivity index (χ0v) is 14.5. The topological polar surface area (TPSA) is 82.8 Å². The van der Waals surface area contributed by atoms with Gasteiger partial charge in [0.2, 0.25) is 0 Å². The molecule has 1 saturated heterocycles. The SMILES string of the molecule is CCCN1CCC(NC(=NC)NCc2ccccc2[N+](=O)[O-])CC1. The van der Waals surface area contributed by atoms with Crippen LogP contribution < -0.4 is 10.6 Å². The molecule has 0 aromatic heterocycles. The van der Waals surface area contributed by atoms with Crippen molar-refractivity contribution in [2.75, 3.05) is 26.7 Å². The summed E-state index contributed by atoms with van der Waals surface area (Å²) in [7, 11) is 1.72. The highest BCUT2D eigenvalue weighted by Gasteiger charge is 2.19. The van der Waals surface area contributed by atoms with Gasteiger partial charge < -0.3 is 15.5 Å². The largest absolute Gasteiger partial charge is 0.354 e. The number of guanidine groups is 1. The third kappa shape index (κ3) is 5.19. The number of likely N-dealkylation sites (tertiary alicyclic amines) is 1. The summed E-state index contributed by atoms with van der Waals surface area (Å²) in [6.07, 6.45) is 3.37. The molecule has 0 saturated carbocycles. The van der Waals surface area contributed by atoms with E-state index in [9.17, 15) is 10.1 Å². The molecule has 132 valence electrons. The van der Waals surface area contributed by atoms with Gasteiger partial charge in [-0.15, -0.1) is 0 Å². The van der Waals surface area contributed by atoms with E-state index < -0.39 is 0 Å². The Morgan fingerprint density at radius 2 is 2.08 bits per heavy atom. The summed E-state index contributed by atoms with van der Waals surface area (Å²) >= 11 is 0. The molecule has 1 aromatic carbocycles. The first-order valence-electron chi connectivity index (χ1n) is 8.55. The van der Waals surface area contributed by atoms with Crippen LogP contribution in [0.4, 0.5) is 5.69 Å². The number of rotatable bonds is 6. The van der Waals surface area contributed by atoms with Crippen molar-refractivity contribution < 1.29 is 4.92 Å². The van der Waals surface area contributed by atoms with Crippen molar-refractivity contribution in [3.63, 3.8) is 0 Å². The van der Waals surface area contributed by atoms with Gasteiger partial charge in [0.05, 0.1) is 4.92 Å². The second-order valence-corrected chi connectivity index (χ2v) is 6.07. The van der Waals surface area contributed by atoms with Crippen molar-refractivity contribution in [2.45, 2.75) is 38.8 Å². The maximum Gasteiger partial charge on any atom is 0.274 e. The monoisotopic (exact) mass is 333 g/mol. The smallest absolute Gasteiger partial charge is 0.274 e. The Bertz CT molecular complexity index is 568. The lowest BCUT2D eigenvalue weighted by Crippen LogP contribution is -2.48. The standard InChI is InChI=1S/C17H27N5O2/c1-3-10-21-11-8-15(9-12-21)20-17(18-2)19-13-14-6-4-5-7-16(14)22(23)24/h4-7,15H,3,8-13H2,1-2H3,(H2,18,19,20). The van der Waals surface area contributed by atoms with Gasteiger partial charge in [0, 0.05) is 44.4 Å². The second kappa shape index (κ2) is 9.22. The fourth-order valence-electron chi connectivity index (χ4n) is 3.02. The Morgan fingerprint density at radius 3 is 2.71 bits per heavy atom. The van der Waals surface area contributed by atoms with Crippen LogP contribution in [0, 0.1) is 10.1 Å². The molecule has 0 atom stereocenters. The Labute approximate surface area is 143 Å². The molecule has 7 nitrogen and oxygen atoms in total. The lowest BCUT2D eigenvalue weighted by atomic mass is 10.1. The van der Waals surface area contributed by atoms with Gasteiger partial charge in [-0.2, -0.15) is 0 Å². The molecule has 1 heterocycles. The highest BCUT2D eigenvalue weighted by atomic mass is 16.6. The summed E-state index contributed by atoms with van der Waals surface area (Å²) in [5, 5.41) is 17.7. The predicted octanol–water partition coefficient (Wildman–Crippen LogP) is 2.13. The van der Waals surface area contributed by atoms with E-state index in [1.54, 1.807) is 19.2 Å². The summed E-state index contributed by atoms with van der Waals surface area (Å²) in [5.41, 5.74) is 0.788. The summed E-state index contributed by atoms with van der Waals surface area (Å²) in [5.74, 6) is 0.696. The third-order valence-electron chi connectivity index (χ3n) is 4.33. The first-order chi connectivity index (χ1) is 11.6. The molecule has 24 heavy (non-hydrogen) atoms. The van der Waals surface area contributed by atoms with Crippen LogP contribution in [-0.4, -0.2) is 48.5 Å². The second-order valence-electron chi connectivity index (χ2n) is 6.07. The zero-order chi connectivity index (χ0) is 17.4. The normalized spacial score (nSPS) is 16.8. The first-order valence-corrected chi connectivity index (χ1v) is 8.55. The van der Waals surface area contributed by atoms with Gasteiger partial charge in [-0.1, -0.05) is 25.1 Å². The van der Waals surface area contributed by atoms with Crippen molar-refractivity contribution in [1.29, 1.82) is 0 Å². The number of nitro groups is 1. The highest BCUT2D eigenvalue weighted by Crippen LogP contribution is 2.17. The minimum absolute atomic E-state index is 0.133. The molecule has 0 amide bonds. The van der Waals surface area contributed by atoms with E-state index >= 15 is 0 Å². The lowest BCUT2D eigenvalue weighted by molar-refractivity contribution is -0.385. The van der Waals surface area contributed by atoms with E-state index in [0.717, 1.165) is 32.5 Å². The van der Waals surface area contributed by atoms with Crippen LogP contribution in [0.3, 0.4) is 0 Å². The van der Waals surface area contributed by atoms with Crippen molar-refractivity contribution in [3.8, 4) is 0 Å². The molecule has 7 heteroatoms. The fraction of sp³-hybridized carbons (Fsp3) is 0.588. The van der Waals surface area contributed by atoms with Gasteiger partial charge in [0.25, 0.3) is 5.69 Å². The molecule has 1 aliphatic rings. The van der Waals surface area contributed by atoms with Crippen LogP contribution in [0.1, 0.15) is 31.7 Å². The van der Waals surface area contributed by atoms with Gasteiger partial charge in [-0.05, 0) is 25.8 Å². The van der Waals surface area contributed by atoms with E-state index in [0.29, 0.717) is 24.1 Å². The number of hydrogen-bond acceptors (Lipinski definition) is 4. The van der Waals surface area contributed by atoms with Crippen molar-refractivity contribution in [2.24, 2.45) is 4.99 Å². The zero-order valence-electron chi connectivity index (χ0n) is 14.5. The minimum Gasteiger partial charge on any atom is -0.354 e. The van der Waals surface area contributed by atoms with Crippen LogP contribution in [0.15, 0.2) is 29.3 Å². The molecule has 0 radical (unpaired) electrons. The van der Waals surface area contributed by atoms with Crippen LogP contribution in [0.25, 0.3) is 0 Å². The van der Waals surface area contributed by atoms with E-state index in [2.05, 4.69) is 27.4 Å². The number of nitrogens with one attached hydrogen (secondary N) is 2. The van der Waals surface area contributed by atoms with Gasteiger partial charge in [-0.25, -0.2) is 0 Å². The fourth-order valence-corrected chi connectivity index (χ4v) is 3.02. The van der Waals surface area contributed by atoms with E-state index in [-0.39, 0.29) is 10.6 Å². The number of piperidine rings is 1. The van der Waals surface area contributed by atoms with Crippen LogP contribution in [-0.2, 0) is 6.54 Å². The number of para-hydroxylation sites is 1. The van der Waals surface area contributed by atoms with E-state index in [1.165, 1.54) is 12.5 Å². The van der Waals surface area contributed by atoms with E-state index in [4.69, 9.17) is 0 Å². The first kappa shape index (κ1) is 18.2. The molecule has 2 rings (SSSR count). The number of aliphatic imine (C=N–C) groups is 1. The molecule has 1 aromatic rings. The highest BCUT2D eigenvalue weighted by molar-refractivity contribution is 5.80. The van der Waals surface area contributed by atoms with Crippen LogP contribution in [0.5, 0.6) is 0 Å². The van der Waals surface area contributed by atoms with Gasteiger partial charge in [0.1, 0.15) is 0 Å². The molecule has 0 bridgehead atoms. The molecular weight excluding hydrogens is 306 g/mol. The van der Waals surface area contributed by atoms with Gasteiger partial charge in [-0.3, -0.25) is 15.1 Å². The van der Waals surface area contributed by atoms with E-state index in [1.807, 2.05) is 6.07 Å². The Morgan fingerprint density at radius 1 is 1.38 bits per heavy atom. The Balaban J connectivity index is 1.85. The average Bonchev–Trinajstić information content (AvgIpc) is 2.60. The summed E-state index contributed by atoms with van der Waals surface area (Å²) < 4.78 is 0.